The highest BCUT2D eigenvalue weighted by molar-refractivity contribution is 5.90. The highest BCUT2D eigenvalue weighted by Crippen LogP contribution is 2.16. The molecule has 0 aliphatic rings. The Kier molecular flexibility index (Phi) is 5.94. The summed E-state index contributed by atoms with van der Waals surface area (Å²) in [6.07, 6.45) is 1.90. The van der Waals surface area contributed by atoms with E-state index in [-0.39, 0.29) is 24.5 Å². The molecule has 2 rings (SSSR count). The molecule has 0 saturated heterocycles. The number of nitrogens with one attached hydrogen (secondary N) is 1. The van der Waals surface area contributed by atoms with Crippen molar-refractivity contribution in [1.29, 1.82) is 0 Å². The van der Waals surface area contributed by atoms with E-state index in [1.807, 2.05) is 36.2 Å². The van der Waals surface area contributed by atoms with Crippen LogP contribution in [0.25, 0.3) is 0 Å². The predicted molar refractivity (Wildman–Crippen MR) is 90.7 cm³/mol. The number of amides is 1. The minimum absolute atomic E-state index is 0.0911. The van der Waals surface area contributed by atoms with Crippen LogP contribution in [0.4, 0.5) is 11.4 Å². The third-order valence-electron chi connectivity index (χ3n) is 3.51. The number of aromatic nitrogens is 1. The van der Waals surface area contributed by atoms with Gasteiger partial charge < -0.3 is 19.9 Å². The van der Waals surface area contributed by atoms with Gasteiger partial charge in [0.05, 0.1) is 6.61 Å². The van der Waals surface area contributed by atoms with E-state index in [4.69, 9.17) is 5.11 Å². The Morgan fingerprint density at radius 2 is 1.96 bits per heavy atom. The smallest absolute Gasteiger partial charge is 0.250 e. The quantitative estimate of drug-likeness (QED) is 0.808. The van der Waals surface area contributed by atoms with E-state index in [1.165, 1.54) is 10.6 Å². The minimum Gasteiger partial charge on any atom is -0.395 e. The first kappa shape index (κ1) is 16.8. The van der Waals surface area contributed by atoms with Crippen LogP contribution in [0.3, 0.4) is 0 Å². The molecule has 1 aromatic heterocycles. The van der Waals surface area contributed by atoms with Crippen molar-refractivity contribution in [1.82, 2.24) is 4.57 Å². The number of nitrogens with zero attached hydrogens (tertiary/aromatic N) is 2. The van der Waals surface area contributed by atoms with E-state index in [0.29, 0.717) is 18.8 Å². The van der Waals surface area contributed by atoms with Gasteiger partial charge in [0.15, 0.2) is 0 Å². The average molecular weight is 315 g/mol. The van der Waals surface area contributed by atoms with E-state index in [9.17, 15) is 9.59 Å². The molecule has 2 aromatic rings. The molecule has 122 valence electrons. The van der Waals surface area contributed by atoms with Crippen LogP contribution in [0.1, 0.15) is 6.42 Å². The SMILES string of the molecule is CN(CCO)c1ccc(NC(=O)CCn2ccccc2=O)cc1. The molecular formula is C17H21N3O3. The summed E-state index contributed by atoms with van der Waals surface area (Å²) in [6.45, 7) is 0.994. The van der Waals surface area contributed by atoms with E-state index < -0.39 is 0 Å². The fourth-order valence-corrected chi connectivity index (χ4v) is 2.17. The molecule has 0 unspecified atom stereocenters. The van der Waals surface area contributed by atoms with Crippen molar-refractivity contribution in [3.8, 4) is 0 Å². The number of rotatable bonds is 7. The third kappa shape index (κ3) is 4.96. The Bertz CT molecular complexity index is 695. The van der Waals surface area contributed by atoms with Gasteiger partial charge in [0, 0.05) is 50.2 Å². The first-order valence-corrected chi connectivity index (χ1v) is 7.47. The van der Waals surface area contributed by atoms with Gasteiger partial charge in [-0.2, -0.15) is 0 Å². The summed E-state index contributed by atoms with van der Waals surface area (Å²) in [5.41, 5.74) is 1.56. The molecule has 0 aliphatic heterocycles. The molecule has 1 aromatic carbocycles. The molecule has 2 N–H and O–H groups in total. The van der Waals surface area contributed by atoms with Gasteiger partial charge in [0.25, 0.3) is 5.56 Å². The molecule has 0 fully saturated rings. The number of likely N-dealkylation sites (N-methyl/N-ethyl adjacent to an activating group) is 1. The van der Waals surface area contributed by atoms with Crippen LogP contribution in [0, 0.1) is 0 Å². The van der Waals surface area contributed by atoms with Crippen molar-refractivity contribution in [3.05, 3.63) is 59.0 Å². The number of anilines is 2. The van der Waals surface area contributed by atoms with Crippen molar-refractivity contribution in [2.45, 2.75) is 13.0 Å². The summed E-state index contributed by atoms with van der Waals surface area (Å²) in [5, 5.41) is 11.7. The first-order valence-electron chi connectivity index (χ1n) is 7.47. The summed E-state index contributed by atoms with van der Waals surface area (Å²) in [7, 11) is 1.89. The molecule has 23 heavy (non-hydrogen) atoms. The maximum atomic E-state index is 11.9. The number of carbonyl (C=O) groups is 1. The van der Waals surface area contributed by atoms with Gasteiger partial charge in [-0.15, -0.1) is 0 Å². The highest BCUT2D eigenvalue weighted by Gasteiger charge is 2.05. The lowest BCUT2D eigenvalue weighted by Crippen LogP contribution is -2.22. The zero-order valence-corrected chi connectivity index (χ0v) is 13.1. The maximum Gasteiger partial charge on any atom is 0.250 e. The van der Waals surface area contributed by atoms with Crippen LogP contribution in [-0.2, 0) is 11.3 Å². The van der Waals surface area contributed by atoms with Gasteiger partial charge in [-0.25, -0.2) is 0 Å². The lowest BCUT2D eigenvalue weighted by molar-refractivity contribution is -0.116. The molecule has 0 aliphatic carbocycles. The number of carbonyl (C=O) groups excluding carboxylic acids is 1. The van der Waals surface area contributed by atoms with Crippen molar-refractivity contribution >= 4 is 17.3 Å². The van der Waals surface area contributed by atoms with Crippen molar-refractivity contribution in [3.63, 3.8) is 0 Å². The monoisotopic (exact) mass is 315 g/mol. The third-order valence-corrected chi connectivity index (χ3v) is 3.51. The topological polar surface area (TPSA) is 74.6 Å². The van der Waals surface area contributed by atoms with E-state index in [0.717, 1.165) is 5.69 Å². The van der Waals surface area contributed by atoms with Crippen molar-refractivity contribution in [2.24, 2.45) is 0 Å². The van der Waals surface area contributed by atoms with Crippen molar-refractivity contribution < 1.29 is 9.90 Å². The van der Waals surface area contributed by atoms with Crippen LogP contribution in [0.2, 0.25) is 0 Å². The maximum absolute atomic E-state index is 11.9. The average Bonchev–Trinajstić information content (AvgIpc) is 2.55. The second-order valence-electron chi connectivity index (χ2n) is 5.22. The Morgan fingerprint density at radius 3 is 2.61 bits per heavy atom. The number of hydrogen-bond acceptors (Lipinski definition) is 4. The molecule has 0 radical (unpaired) electrons. The lowest BCUT2D eigenvalue weighted by Gasteiger charge is -2.18. The molecule has 6 nitrogen and oxygen atoms in total. The number of pyridine rings is 1. The number of aryl methyl sites for hydroxylation is 1. The van der Waals surface area contributed by atoms with Gasteiger partial charge in [0.2, 0.25) is 5.91 Å². The number of aliphatic hydroxyl groups excluding tert-OH is 1. The van der Waals surface area contributed by atoms with Crippen LogP contribution in [-0.4, -0.2) is 35.8 Å². The van der Waals surface area contributed by atoms with E-state index in [1.54, 1.807) is 18.3 Å². The number of benzene rings is 1. The first-order chi connectivity index (χ1) is 11.1. The highest BCUT2D eigenvalue weighted by atomic mass is 16.3. The molecule has 6 heteroatoms. The Balaban J connectivity index is 1.88. The summed E-state index contributed by atoms with van der Waals surface area (Å²) in [4.78, 5) is 25.4. The standard InChI is InChI=1S/C17H21N3O3/c1-19(12-13-21)15-7-5-14(6-8-15)18-16(22)9-11-20-10-3-2-4-17(20)23/h2-8,10,21H,9,11-13H2,1H3,(H,18,22). The second kappa shape index (κ2) is 8.14. The minimum atomic E-state index is -0.141. The normalized spacial score (nSPS) is 10.3. The molecule has 1 heterocycles. The van der Waals surface area contributed by atoms with Crippen LogP contribution < -0.4 is 15.8 Å². The molecule has 0 spiro atoms. The number of hydrogen-bond donors (Lipinski definition) is 2. The molecular weight excluding hydrogens is 294 g/mol. The molecule has 0 saturated carbocycles. The van der Waals surface area contributed by atoms with Gasteiger partial charge in [-0.3, -0.25) is 9.59 Å². The predicted octanol–water partition coefficient (Wildman–Crippen LogP) is 1.31. The van der Waals surface area contributed by atoms with Gasteiger partial charge in [-0.1, -0.05) is 6.07 Å². The Labute approximate surface area is 135 Å². The summed E-state index contributed by atoms with van der Waals surface area (Å²) in [6, 6.07) is 12.3. The Morgan fingerprint density at radius 1 is 1.22 bits per heavy atom. The zero-order chi connectivity index (χ0) is 16.7. The summed E-state index contributed by atoms with van der Waals surface area (Å²) < 4.78 is 1.51. The van der Waals surface area contributed by atoms with E-state index >= 15 is 0 Å². The van der Waals surface area contributed by atoms with Gasteiger partial charge in [0.1, 0.15) is 0 Å². The van der Waals surface area contributed by atoms with Gasteiger partial charge in [-0.05, 0) is 30.3 Å². The molecule has 0 atom stereocenters. The van der Waals surface area contributed by atoms with Crippen LogP contribution in [0.15, 0.2) is 53.5 Å². The zero-order valence-electron chi connectivity index (χ0n) is 13.1. The van der Waals surface area contributed by atoms with E-state index in [2.05, 4.69) is 5.32 Å². The fraction of sp³-hybridized carbons (Fsp3) is 0.294. The molecule has 0 bridgehead atoms. The van der Waals surface area contributed by atoms with Gasteiger partial charge >= 0.3 is 0 Å². The van der Waals surface area contributed by atoms with Crippen LogP contribution in [0.5, 0.6) is 0 Å². The van der Waals surface area contributed by atoms with Crippen LogP contribution >= 0.6 is 0 Å². The largest absolute Gasteiger partial charge is 0.395 e. The summed E-state index contributed by atoms with van der Waals surface area (Å²) in [5.74, 6) is -0.141. The molecule has 1 amide bonds. The fourth-order valence-electron chi connectivity index (χ4n) is 2.17. The number of aliphatic hydroxyl groups is 1. The second-order valence-corrected chi connectivity index (χ2v) is 5.22. The summed E-state index contributed by atoms with van der Waals surface area (Å²) >= 11 is 0. The van der Waals surface area contributed by atoms with Crippen molar-refractivity contribution in [2.75, 3.05) is 30.4 Å². The lowest BCUT2D eigenvalue weighted by atomic mass is 10.2. The Hall–Kier alpha value is -2.60.